The maximum absolute atomic E-state index is 14.5. The molecule has 1 N–H and O–H groups in total. The third-order valence-corrected chi connectivity index (χ3v) is 10.7. The molecule has 0 aromatic heterocycles. The Kier molecular flexibility index (Phi) is 12.8. The summed E-state index contributed by atoms with van der Waals surface area (Å²) in [5.41, 5.74) is 1.00. The number of nitrogens with one attached hydrogen (secondary N) is 1. The SMILES string of the molecule is CCOc1ccccc1N(CC(=O)N(Cc1cccc(OC)c1)[C@@H](CC)C(=O)NC1CCCCC1)S(=O)(=O)c1ccc(SC)cc1. The van der Waals surface area contributed by atoms with Crippen molar-refractivity contribution in [3.63, 3.8) is 0 Å². The van der Waals surface area contributed by atoms with Crippen molar-refractivity contribution in [1.29, 1.82) is 0 Å². The van der Waals surface area contributed by atoms with E-state index >= 15 is 0 Å². The van der Waals surface area contributed by atoms with Crippen LogP contribution in [0.15, 0.2) is 82.6 Å². The summed E-state index contributed by atoms with van der Waals surface area (Å²) in [5, 5.41) is 3.18. The number of methoxy groups -OCH3 is 1. The van der Waals surface area contributed by atoms with Crippen LogP contribution >= 0.6 is 11.8 Å². The summed E-state index contributed by atoms with van der Waals surface area (Å²) in [4.78, 5) is 30.7. The van der Waals surface area contributed by atoms with Gasteiger partial charge in [0.2, 0.25) is 11.8 Å². The molecule has 0 heterocycles. The highest BCUT2D eigenvalue weighted by molar-refractivity contribution is 7.98. The van der Waals surface area contributed by atoms with Gasteiger partial charge < -0.3 is 19.7 Å². The molecule has 0 unspecified atom stereocenters. The smallest absolute Gasteiger partial charge is 0.264 e. The monoisotopic (exact) mass is 667 g/mol. The molecule has 0 spiro atoms. The van der Waals surface area contributed by atoms with E-state index in [0.717, 1.165) is 46.9 Å². The number of carbonyl (C=O) groups is 2. The van der Waals surface area contributed by atoms with E-state index in [0.29, 0.717) is 24.5 Å². The van der Waals surface area contributed by atoms with Gasteiger partial charge in [0, 0.05) is 17.5 Å². The summed E-state index contributed by atoms with van der Waals surface area (Å²) in [6.45, 7) is 3.55. The lowest BCUT2D eigenvalue weighted by Crippen LogP contribution is -2.54. The minimum Gasteiger partial charge on any atom is -0.497 e. The minimum atomic E-state index is -4.23. The molecule has 1 fully saturated rings. The Labute approximate surface area is 277 Å². The molecule has 11 heteroatoms. The topological polar surface area (TPSA) is 105 Å². The van der Waals surface area contributed by atoms with E-state index in [1.807, 2.05) is 44.4 Å². The van der Waals surface area contributed by atoms with Gasteiger partial charge >= 0.3 is 0 Å². The summed E-state index contributed by atoms with van der Waals surface area (Å²) < 4.78 is 41.0. The molecule has 1 saturated carbocycles. The number of hydrogen-bond acceptors (Lipinski definition) is 7. The lowest BCUT2D eigenvalue weighted by atomic mass is 9.95. The molecule has 0 bridgehead atoms. The van der Waals surface area contributed by atoms with Gasteiger partial charge in [0.25, 0.3) is 10.0 Å². The Morgan fingerprint density at radius 1 is 0.978 bits per heavy atom. The lowest BCUT2D eigenvalue weighted by molar-refractivity contribution is -0.140. The molecule has 46 heavy (non-hydrogen) atoms. The molecular weight excluding hydrogens is 623 g/mol. The van der Waals surface area contributed by atoms with Crippen LogP contribution in [0.2, 0.25) is 0 Å². The van der Waals surface area contributed by atoms with Crippen molar-refractivity contribution in [2.45, 2.75) is 80.8 Å². The van der Waals surface area contributed by atoms with Crippen LogP contribution in [0.1, 0.15) is 57.9 Å². The number of anilines is 1. The van der Waals surface area contributed by atoms with Gasteiger partial charge in [-0.2, -0.15) is 0 Å². The van der Waals surface area contributed by atoms with Gasteiger partial charge in [0.1, 0.15) is 24.1 Å². The Bertz CT molecular complexity index is 1560. The standard InChI is InChI=1S/C35H45N3O6S2/c1-5-31(35(40)36-27-14-8-7-9-15-27)37(24-26-13-12-16-28(23-26)43-3)34(39)25-38(32-17-10-11-18-33(32)44-6-2)46(41,42)30-21-19-29(45-4)20-22-30/h10-13,16-23,27,31H,5-9,14-15,24-25H2,1-4H3,(H,36,40)/t31-/m0/s1. The van der Waals surface area contributed by atoms with Gasteiger partial charge in [0.15, 0.2) is 0 Å². The van der Waals surface area contributed by atoms with Crippen molar-refractivity contribution >= 4 is 39.3 Å². The minimum absolute atomic E-state index is 0.0471. The number of sulfonamides is 1. The van der Waals surface area contributed by atoms with Gasteiger partial charge in [-0.1, -0.05) is 50.5 Å². The second-order valence-corrected chi connectivity index (χ2v) is 14.0. The van der Waals surface area contributed by atoms with Crippen LogP contribution in [0.5, 0.6) is 11.5 Å². The lowest BCUT2D eigenvalue weighted by Gasteiger charge is -2.34. The number of amides is 2. The van der Waals surface area contributed by atoms with Gasteiger partial charge in [-0.3, -0.25) is 13.9 Å². The van der Waals surface area contributed by atoms with E-state index in [1.165, 1.54) is 16.7 Å². The Hall–Kier alpha value is -3.70. The molecule has 3 aromatic rings. The van der Waals surface area contributed by atoms with Crippen LogP contribution in [0.3, 0.4) is 0 Å². The molecule has 1 atom stereocenters. The molecule has 9 nitrogen and oxygen atoms in total. The first-order valence-corrected chi connectivity index (χ1v) is 18.5. The predicted molar refractivity (Wildman–Crippen MR) is 183 cm³/mol. The maximum Gasteiger partial charge on any atom is 0.264 e. The number of para-hydroxylation sites is 2. The highest BCUT2D eigenvalue weighted by Gasteiger charge is 2.35. The Morgan fingerprint density at radius 3 is 2.35 bits per heavy atom. The summed E-state index contributed by atoms with van der Waals surface area (Å²) in [5.74, 6) is 0.211. The van der Waals surface area contributed by atoms with Crippen molar-refractivity contribution in [3.05, 3.63) is 78.4 Å². The van der Waals surface area contributed by atoms with Crippen LogP contribution in [-0.2, 0) is 26.2 Å². The van der Waals surface area contributed by atoms with Crippen LogP contribution < -0.4 is 19.1 Å². The average molecular weight is 668 g/mol. The highest BCUT2D eigenvalue weighted by atomic mass is 32.2. The summed E-state index contributed by atoms with van der Waals surface area (Å²) in [6, 6.07) is 19.9. The molecule has 0 saturated heterocycles. The number of carbonyl (C=O) groups excluding carboxylic acids is 2. The van der Waals surface area contributed by atoms with E-state index in [-0.39, 0.29) is 29.1 Å². The Morgan fingerprint density at radius 2 is 1.70 bits per heavy atom. The number of benzene rings is 3. The number of nitrogens with zero attached hydrogens (tertiary/aromatic N) is 2. The van der Waals surface area contributed by atoms with Crippen molar-refractivity contribution in [2.24, 2.45) is 0 Å². The molecule has 248 valence electrons. The molecule has 1 aliphatic carbocycles. The number of ether oxygens (including phenoxy) is 2. The molecule has 2 amide bonds. The van der Waals surface area contributed by atoms with Gasteiger partial charge in [0.05, 0.1) is 24.3 Å². The largest absolute Gasteiger partial charge is 0.497 e. The zero-order chi connectivity index (χ0) is 33.1. The van der Waals surface area contributed by atoms with Gasteiger partial charge in [-0.15, -0.1) is 11.8 Å². The highest BCUT2D eigenvalue weighted by Crippen LogP contribution is 2.33. The van der Waals surface area contributed by atoms with Crippen molar-refractivity contribution in [1.82, 2.24) is 10.2 Å². The fourth-order valence-electron chi connectivity index (χ4n) is 5.76. The first-order chi connectivity index (χ1) is 22.2. The van der Waals surface area contributed by atoms with Crippen LogP contribution in [-0.4, -0.2) is 63.7 Å². The summed E-state index contributed by atoms with van der Waals surface area (Å²) in [6.07, 6.45) is 7.34. The van der Waals surface area contributed by atoms with E-state index in [4.69, 9.17) is 9.47 Å². The normalized spacial score (nSPS) is 14.3. The molecule has 3 aromatic carbocycles. The predicted octanol–water partition coefficient (Wildman–Crippen LogP) is 6.27. The first kappa shape index (κ1) is 35.2. The van der Waals surface area contributed by atoms with E-state index in [2.05, 4.69) is 5.32 Å². The fraction of sp³-hybridized carbons (Fsp3) is 0.429. The second kappa shape index (κ2) is 16.7. The van der Waals surface area contributed by atoms with E-state index in [1.54, 1.807) is 55.6 Å². The molecule has 0 aliphatic heterocycles. The van der Waals surface area contributed by atoms with Gasteiger partial charge in [-0.05, 0) is 86.5 Å². The number of rotatable bonds is 15. The zero-order valence-corrected chi connectivity index (χ0v) is 28.7. The van der Waals surface area contributed by atoms with Crippen molar-refractivity contribution in [3.8, 4) is 11.5 Å². The maximum atomic E-state index is 14.5. The molecule has 0 radical (unpaired) electrons. The van der Waals surface area contributed by atoms with Crippen LogP contribution in [0.25, 0.3) is 0 Å². The zero-order valence-electron chi connectivity index (χ0n) is 27.1. The molecule has 4 rings (SSSR count). The van der Waals surface area contributed by atoms with E-state index in [9.17, 15) is 18.0 Å². The Balaban J connectivity index is 1.75. The van der Waals surface area contributed by atoms with Crippen LogP contribution in [0, 0.1) is 0 Å². The summed E-state index contributed by atoms with van der Waals surface area (Å²) >= 11 is 1.50. The van der Waals surface area contributed by atoms with Crippen molar-refractivity contribution < 1.29 is 27.5 Å². The summed E-state index contributed by atoms with van der Waals surface area (Å²) in [7, 11) is -2.66. The number of hydrogen-bond donors (Lipinski definition) is 1. The average Bonchev–Trinajstić information content (AvgIpc) is 3.08. The molecule has 1 aliphatic rings. The number of thioether (sulfide) groups is 1. The quantitative estimate of drug-likeness (QED) is 0.191. The van der Waals surface area contributed by atoms with E-state index < -0.39 is 28.5 Å². The third-order valence-electron chi connectivity index (χ3n) is 8.18. The third kappa shape index (κ3) is 8.76. The second-order valence-electron chi connectivity index (χ2n) is 11.2. The van der Waals surface area contributed by atoms with Crippen LogP contribution in [0.4, 0.5) is 5.69 Å². The first-order valence-electron chi connectivity index (χ1n) is 15.8. The fourth-order valence-corrected chi connectivity index (χ4v) is 7.59. The van der Waals surface area contributed by atoms with Crippen molar-refractivity contribution in [2.75, 3.05) is 30.8 Å². The van der Waals surface area contributed by atoms with Gasteiger partial charge in [-0.25, -0.2) is 8.42 Å². The molecular formula is C35H45N3O6S2.